The first-order chi connectivity index (χ1) is 7.86. The van der Waals surface area contributed by atoms with Gasteiger partial charge >= 0.3 is 0 Å². The van der Waals surface area contributed by atoms with Crippen LogP contribution in [0.3, 0.4) is 0 Å². The molecule has 0 aliphatic carbocycles. The molecule has 0 saturated carbocycles. The standard InChI is InChI=1S/C13H21O2P/c1-3-10-14-16(15-11-4-2)12-13-8-6-5-7-9-13/h5-9H,3-4,10-12H2,1-2H3. The first-order valence-electron chi connectivity index (χ1n) is 5.94. The molecule has 0 amide bonds. The van der Waals surface area contributed by atoms with E-state index in [9.17, 15) is 0 Å². The summed E-state index contributed by atoms with van der Waals surface area (Å²) in [4.78, 5) is 0. The maximum absolute atomic E-state index is 5.74. The Morgan fingerprint density at radius 2 is 1.50 bits per heavy atom. The SMILES string of the molecule is CCCOP(Cc1ccccc1)OCCC. The van der Waals surface area contributed by atoms with Gasteiger partial charge in [0.2, 0.25) is 0 Å². The van der Waals surface area contributed by atoms with Gasteiger partial charge in [0.15, 0.2) is 8.38 Å². The van der Waals surface area contributed by atoms with Gasteiger partial charge in [-0.05, 0) is 18.4 Å². The molecular weight excluding hydrogens is 219 g/mol. The second-order valence-electron chi connectivity index (χ2n) is 3.64. The van der Waals surface area contributed by atoms with Gasteiger partial charge in [0.25, 0.3) is 0 Å². The van der Waals surface area contributed by atoms with Crippen molar-refractivity contribution in [3.05, 3.63) is 35.9 Å². The van der Waals surface area contributed by atoms with Crippen LogP contribution in [-0.4, -0.2) is 13.2 Å². The van der Waals surface area contributed by atoms with Crippen molar-refractivity contribution in [2.75, 3.05) is 13.2 Å². The lowest BCUT2D eigenvalue weighted by atomic mass is 10.2. The first-order valence-corrected chi connectivity index (χ1v) is 7.30. The monoisotopic (exact) mass is 240 g/mol. The minimum absolute atomic E-state index is 0.749. The summed E-state index contributed by atoms with van der Waals surface area (Å²) in [7, 11) is -0.749. The van der Waals surface area contributed by atoms with Gasteiger partial charge < -0.3 is 9.05 Å². The molecule has 0 saturated heterocycles. The number of hydrogen-bond acceptors (Lipinski definition) is 2. The summed E-state index contributed by atoms with van der Waals surface area (Å²) in [5.74, 6) is 0. The largest absolute Gasteiger partial charge is 0.334 e. The summed E-state index contributed by atoms with van der Waals surface area (Å²) in [6.07, 6.45) is 2.99. The predicted molar refractivity (Wildman–Crippen MR) is 69.6 cm³/mol. The molecule has 16 heavy (non-hydrogen) atoms. The summed E-state index contributed by atoms with van der Waals surface area (Å²) in [6.45, 7) is 5.83. The smallest absolute Gasteiger partial charge is 0.175 e. The molecule has 3 heteroatoms. The average Bonchev–Trinajstić information content (AvgIpc) is 2.34. The molecule has 1 aromatic rings. The highest BCUT2D eigenvalue weighted by Crippen LogP contribution is 2.42. The van der Waals surface area contributed by atoms with E-state index in [-0.39, 0.29) is 0 Å². The maximum Gasteiger partial charge on any atom is 0.175 e. The lowest BCUT2D eigenvalue weighted by Crippen LogP contribution is -1.96. The van der Waals surface area contributed by atoms with Gasteiger partial charge in [-0.25, -0.2) is 0 Å². The van der Waals surface area contributed by atoms with Crippen LogP contribution in [-0.2, 0) is 15.2 Å². The summed E-state index contributed by atoms with van der Waals surface area (Å²) in [5, 5.41) is 0. The second-order valence-corrected chi connectivity index (χ2v) is 5.14. The van der Waals surface area contributed by atoms with Crippen LogP contribution < -0.4 is 0 Å². The number of benzene rings is 1. The molecule has 1 aromatic carbocycles. The van der Waals surface area contributed by atoms with Crippen LogP contribution >= 0.6 is 8.38 Å². The molecule has 0 unspecified atom stereocenters. The molecular formula is C13H21O2P. The third-order valence-corrected chi connectivity index (χ3v) is 3.60. The van der Waals surface area contributed by atoms with Crippen LogP contribution in [0, 0.1) is 0 Å². The van der Waals surface area contributed by atoms with E-state index < -0.39 is 8.38 Å². The minimum atomic E-state index is -0.749. The van der Waals surface area contributed by atoms with Crippen molar-refractivity contribution in [1.82, 2.24) is 0 Å². The Morgan fingerprint density at radius 1 is 0.938 bits per heavy atom. The van der Waals surface area contributed by atoms with E-state index in [0.29, 0.717) is 0 Å². The number of rotatable bonds is 8. The zero-order valence-electron chi connectivity index (χ0n) is 10.2. The van der Waals surface area contributed by atoms with Crippen molar-refractivity contribution in [3.8, 4) is 0 Å². The van der Waals surface area contributed by atoms with Crippen LogP contribution in [0.15, 0.2) is 30.3 Å². The van der Waals surface area contributed by atoms with Crippen LogP contribution in [0.5, 0.6) is 0 Å². The van der Waals surface area contributed by atoms with Crippen molar-refractivity contribution >= 4 is 8.38 Å². The predicted octanol–water partition coefficient (Wildman–Crippen LogP) is 4.35. The van der Waals surface area contributed by atoms with Gasteiger partial charge in [0.05, 0.1) is 13.2 Å². The molecule has 0 atom stereocenters. The van der Waals surface area contributed by atoms with Crippen LogP contribution in [0.2, 0.25) is 0 Å². The third kappa shape index (κ3) is 5.60. The highest BCUT2D eigenvalue weighted by atomic mass is 31.2. The molecule has 0 fully saturated rings. The summed E-state index contributed by atoms with van der Waals surface area (Å²) in [6, 6.07) is 10.4. The highest BCUT2D eigenvalue weighted by Gasteiger charge is 2.10. The summed E-state index contributed by atoms with van der Waals surface area (Å²) in [5.41, 5.74) is 1.29. The molecule has 1 rings (SSSR count). The molecule has 90 valence electrons. The van der Waals surface area contributed by atoms with Crippen molar-refractivity contribution in [3.63, 3.8) is 0 Å². The van der Waals surface area contributed by atoms with E-state index in [1.165, 1.54) is 5.56 Å². The summed E-state index contributed by atoms with van der Waals surface area (Å²) >= 11 is 0. The third-order valence-electron chi connectivity index (χ3n) is 2.03. The second kappa shape index (κ2) is 8.69. The van der Waals surface area contributed by atoms with E-state index in [1.54, 1.807) is 0 Å². The average molecular weight is 240 g/mol. The van der Waals surface area contributed by atoms with Gasteiger partial charge in [-0.3, -0.25) is 0 Å². The van der Waals surface area contributed by atoms with Gasteiger partial charge in [0.1, 0.15) is 0 Å². The molecule has 0 aromatic heterocycles. The van der Waals surface area contributed by atoms with Crippen LogP contribution in [0.25, 0.3) is 0 Å². The van der Waals surface area contributed by atoms with Crippen LogP contribution in [0.4, 0.5) is 0 Å². The Hall–Kier alpha value is -0.430. The number of hydrogen-bond donors (Lipinski definition) is 0. The van der Waals surface area contributed by atoms with Gasteiger partial charge in [-0.1, -0.05) is 44.2 Å². The molecule has 0 N–H and O–H groups in total. The zero-order chi connectivity index (χ0) is 11.6. The van der Waals surface area contributed by atoms with E-state index in [2.05, 4.69) is 38.1 Å². The Bertz CT molecular complexity index is 256. The molecule has 0 spiro atoms. The molecule has 0 bridgehead atoms. The Kier molecular flexibility index (Phi) is 7.41. The van der Waals surface area contributed by atoms with Gasteiger partial charge in [-0.2, -0.15) is 0 Å². The molecule has 0 radical (unpaired) electrons. The van der Waals surface area contributed by atoms with Crippen molar-refractivity contribution in [2.45, 2.75) is 32.9 Å². The van der Waals surface area contributed by atoms with Crippen molar-refractivity contribution in [1.29, 1.82) is 0 Å². The van der Waals surface area contributed by atoms with Crippen LogP contribution in [0.1, 0.15) is 32.3 Å². The quantitative estimate of drug-likeness (QED) is 0.629. The van der Waals surface area contributed by atoms with Crippen molar-refractivity contribution in [2.24, 2.45) is 0 Å². The molecule has 0 aliphatic heterocycles. The van der Waals surface area contributed by atoms with Gasteiger partial charge in [0, 0.05) is 6.16 Å². The summed E-state index contributed by atoms with van der Waals surface area (Å²) < 4.78 is 11.5. The fourth-order valence-corrected chi connectivity index (χ4v) is 2.79. The fraction of sp³-hybridized carbons (Fsp3) is 0.538. The molecule has 0 heterocycles. The van der Waals surface area contributed by atoms with E-state index in [4.69, 9.17) is 9.05 Å². The Morgan fingerprint density at radius 3 is 2.00 bits per heavy atom. The van der Waals surface area contributed by atoms with Crippen molar-refractivity contribution < 1.29 is 9.05 Å². The van der Waals surface area contributed by atoms with E-state index in [1.807, 2.05) is 6.07 Å². The highest BCUT2D eigenvalue weighted by molar-refractivity contribution is 7.46. The van der Waals surface area contributed by atoms with E-state index in [0.717, 1.165) is 32.2 Å². The zero-order valence-corrected chi connectivity index (χ0v) is 11.1. The first kappa shape index (κ1) is 13.6. The molecule has 0 aliphatic rings. The normalized spacial score (nSPS) is 10.9. The Balaban J connectivity index is 2.42. The Labute approximate surface area is 99.9 Å². The van der Waals surface area contributed by atoms with E-state index >= 15 is 0 Å². The minimum Gasteiger partial charge on any atom is -0.334 e. The maximum atomic E-state index is 5.74. The van der Waals surface area contributed by atoms with Gasteiger partial charge in [-0.15, -0.1) is 0 Å². The lowest BCUT2D eigenvalue weighted by Gasteiger charge is -2.16. The lowest BCUT2D eigenvalue weighted by molar-refractivity contribution is 0.248. The fourth-order valence-electron chi connectivity index (χ4n) is 1.25. The topological polar surface area (TPSA) is 18.5 Å². The molecule has 2 nitrogen and oxygen atoms in total.